The van der Waals surface area contributed by atoms with Crippen LogP contribution in [0.2, 0.25) is 0 Å². The van der Waals surface area contributed by atoms with Crippen molar-refractivity contribution in [1.82, 2.24) is 14.7 Å². The van der Waals surface area contributed by atoms with Gasteiger partial charge in [0.1, 0.15) is 5.82 Å². The Hall–Kier alpha value is -2.44. The van der Waals surface area contributed by atoms with Crippen molar-refractivity contribution in [2.75, 3.05) is 39.3 Å². The van der Waals surface area contributed by atoms with Crippen molar-refractivity contribution >= 4 is 17.7 Å². The quantitative estimate of drug-likeness (QED) is 0.720. The number of piperidine rings is 2. The Bertz CT molecular complexity index is 812. The van der Waals surface area contributed by atoms with Crippen molar-refractivity contribution in [3.63, 3.8) is 0 Å². The average molecular weight is 444 g/mol. The van der Waals surface area contributed by atoms with E-state index in [1.165, 1.54) is 37.1 Å². The molecule has 0 aromatic heterocycles. The van der Waals surface area contributed by atoms with Gasteiger partial charge in [-0.3, -0.25) is 14.4 Å². The first-order valence-corrected chi connectivity index (χ1v) is 12.2. The molecule has 4 rings (SSSR count). The van der Waals surface area contributed by atoms with E-state index < -0.39 is 0 Å². The summed E-state index contributed by atoms with van der Waals surface area (Å²) in [6.07, 6.45) is 7.62. The molecule has 174 valence electrons. The first-order valence-electron chi connectivity index (χ1n) is 12.2. The van der Waals surface area contributed by atoms with Crippen LogP contribution in [0.1, 0.15) is 61.7 Å². The second kappa shape index (κ2) is 10.5. The third kappa shape index (κ3) is 5.30. The minimum Gasteiger partial charge on any atom is -0.342 e. The summed E-state index contributed by atoms with van der Waals surface area (Å²) in [6.45, 7) is 4.00. The molecule has 0 aliphatic carbocycles. The van der Waals surface area contributed by atoms with Crippen molar-refractivity contribution in [2.24, 2.45) is 11.8 Å². The van der Waals surface area contributed by atoms with E-state index in [1.54, 1.807) is 4.90 Å². The molecule has 3 saturated heterocycles. The van der Waals surface area contributed by atoms with E-state index in [-0.39, 0.29) is 35.4 Å². The van der Waals surface area contributed by atoms with Gasteiger partial charge in [0.25, 0.3) is 5.91 Å². The summed E-state index contributed by atoms with van der Waals surface area (Å²) in [5.41, 5.74) is 0.451. The van der Waals surface area contributed by atoms with Crippen LogP contribution < -0.4 is 0 Å². The second-order valence-electron chi connectivity index (χ2n) is 9.44. The molecule has 1 aromatic carbocycles. The number of benzene rings is 1. The molecule has 1 aromatic rings. The number of rotatable bonds is 3. The molecule has 7 heteroatoms. The highest BCUT2D eigenvalue weighted by Crippen LogP contribution is 2.26. The van der Waals surface area contributed by atoms with Gasteiger partial charge in [-0.05, 0) is 62.8 Å². The highest BCUT2D eigenvalue weighted by atomic mass is 19.1. The van der Waals surface area contributed by atoms with Gasteiger partial charge in [-0.2, -0.15) is 0 Å². The minimum absolute atomic E-state index is 0.0278. The van der Waals surface area contributed by atoms with Crippen LogP contribution in [-0.4, -0.2) is 71.7 Å². The predicted molar refractivity (Wildman–Crippen MR) is 119 cm³/mol. The van der Waals surface area contributed by atoms with Crippen LogP contribution in [0.5, 0.6) is 0 Å². The largest absolute Gasteiger partial charge is 0.342 e. The van der Waals surface area contributed by atoms with E-state index in [2.05, 4.69) is 0 Å². The molecule has 0 unspecified atom stereocenters. The molecule has 3 heterocycles. The Morgan fingerprint density at radius 2 is 1.22 bits per heavy atom. The first kappa shape index (κ1) is 22.7. The molecule has 1 atom stereocenters. The Kier molecular flexibility index (Phi) is 7.43. The van der Waals surface area contributed by atoms with Gasteiger partial charge in [-0.25, -0.2) is 4.39 Å². The van der Waals surface area contributed by atoms with Gasteiger partial charge in [0, 0.05) is 50.7 Å². The first-order chi connectivity index (χ1) is 15.5. The summed E-state index contributed by atoms with van der Waals surface area (Å²) in [5, 5.41) is 0. The minimum atomic E-state index is -0.369. The van der Waals surface area contributed by atoms with Crippen LogP contribution in [0.25, 0.3) is 0 Å². The smallest absolute Gasteiger partial charge is 0.253 e. The van der Waals surface area contributed by atoms with Crippen molar-refractivity contribution in [3.8, 4) is 0 Å². The molecule has 0 N–H and O–H groups in total. The van der Waals surface area contributed by atoms with Crippen molar-refractivity contribution in [3.05, 3.63) is 35.6 Å². The molecule has 0 spiro atoms. The number of carbonyl (C=O) groups excluding carboxylic acids is 3. The predicted octanol–water partition coefficient (Wildman–Crippen LogP) is 3.32. The summed E-state index contributed by atoms with van der Waals surface area (Å²) in [4.78, 5) is 44.5. The SMILES string of the molecule is O=C(c1ccc(F)cc1)N1CCC[C@H](C(=O)N2CCC(C(=O)N3CCCCCC3)CC2)C1. The molecule has 0 bridgehead atoms. The molecule has 3 fully saturated rings. The summed E-state index contributed by atoms with van der Waals surface area (Å²) in [7, 11) is 0. The topological polar surface area (TPSA) is 60.9 Å². The van der Waals surface area contributed by atoms with Gasteiger partial charge < -0.3 is 14.7 Å². The standard InChI is InChI=1S/C25H34FN3O3/c26-22-9-7-19(8-10-22)24(31)29-15-5-6-21(18-29)25(32)28-16-11-20(12-17-28)23(30)27-13-3-1-2-4-14-27/h7-10,20-21H,1-6,11-18H2/t21-/m0/s1. The summed E-state index contributed by atoms with van der Waals surface area (Å²) >= 11 is 0. The number of amides is 3. The third-order valence-electron chi connectivity index (χ3n) is 7.22. The van der Waals surface area contributed by atoms with Gasteiger partial charge in [-0.1, -0.05) is 12.8 Å². The molecular weight excluding hydrogens is 409 g/mol. The van der Waals surface area contributed by atoms with Crippen LogP contribution in [0.15, 0.2) is 24.3 Å². The molecule has 0 radical (unpaired) electrons. The fourth-order valence-electron chi connectivity index (χ4n) is 5.29. The molecule has 0 saturated carbocycles. The van der Waals surface area contributed by atoms with Gasteiger partial charge in [-0.15, -0.1) is 0 Å². The number of nitrogens with zero attached hydrogens (tertiary/aromatic N) is 3. The molecular formula is C25H34FN3O3. The Morgan fingerprint density at radius 3 is 1.88 bits per heavy atom. The second-order valence-corrected chi connectivity index (χ2v) is 9.44. The lowest BCUT2D eigenvalue weighted by Gasteiger charge is -2.38. The zero-order chi connectivity index (χ0) is 22.5. The van der Waals surface area contributed by atoms with Crippen molar-refractivity contribution in [1.29, 1.82) is 0 Å². The fourth-order valence-corrected chi connectivity index (χ4v) is 5.29. The Balaban J connectivity index is 1.29. The maximum Gasteiger partial charge on any atom is 0.253 e. The zero-order valence-corrected chi connectivity index (χ0v) is 18.8. The van der Waals surface area contributed by atoms with E-state index >= 15 is 0 Å². The van der Waals surface area contributed by atoms with Crippen LogP contribution in [0.3, 0.4) is 0 Å². The molecule has 3 aliphatic rings. The number of halogens is 1. The van der Waals surface area contributed by atoms with Crippen molar-refractivity contribution in [2.45, 2.75) is 51.4 Å². The third-order valence-corrected chi connectivity index (χ3v) is 7.22. The number of hydrogen-bond donors (Lipinski definition) is 0. The Labute approximate surface area is 189 Å². The fraction of sp³-hybridized carbons (Fsp3) is 0.640. The van der Waals surface area contributed by atoms with E-state index in [4.69, 9.17) is 0 Å². The lowest BCUT2D eigenvalue weighted by Crippen LogP contribution is -2.50. The lowest BCUT2D eigenvalue weighted by atomic mass is 9.91. The zero-order valence-electron chi connectivity index (χ0n) is 18.8. The molecule has 32 heavy (non-hydrogen) atoms. The van der Waals surface area contributed by atoms with Crippen molar-refractivity contribution < 1.29 is 18.8 Å². The number of carbonyl (C=O) groups is 3. The van der Waals surface area contributed by atoms with Gasteiger partial charge >= 0.3 is 0 Å². The number of hydrogen-bond acceptors (Lipinski definition) is 3. The average Bonchev–Trinajstić information content (AvgIpc) is 3.13. The summed E-state index contributed by atoms with van der Waals surface area (Å²) < 4.78 is 13.2. The van der Waals surface area contributed by atoms with Crippen LogP contribution in [-0.2, 0) is 9.59 Å². The maximum atomic E-state index is 13.2. The normalized spacial score (nSPS) is 23.0. The summed E-state index contributed by atoms with van der Waals surface area (Å²) in [5.74, 6) is -0.323. The van der Waals surface area contributed by atoms with Gasteiger partial charge in [0.15, 0.2) is 0 Å². The van der Waals surface area contributed by atoms with Crippen LogP contribution in [0.4, 0.5) is 4.39 Å². The van der Waals surface area contributed by atoms with E-state index in [1.807, 2.05) is 9.80 Å². The molecule has 6 nitrogen and oxygen atoms in total. The monoisotopic (exact) mass is 443 g/mol. The number of likely N-dealkylation sites (tertiary alicyclic amines) is 3. The van der Waals surface area contributed by atoms with E-state index in [0.717, 1.165) is 51.6 Å². The molecule has 3 aliphatic heterocycles. The lowest BCUT2D eigenvalue weighted by molar-refractivity contribution is -0.143. The highest BCUT2D eigenvalue weighted by molar-refractivity contribution is 5.94. The van der Waals surface area contributed by atoms with Gasteiger partial charge in [0.05, 0.1) is 5.92 Å². The van der Waals surface area contributed by atoms with Crippen LogP contribution >= 0.6 is 0 Å². The molecule has 3 amide bonds. The Morgan fingerprint density at radius 1 is 0.656 bits per heavy atom. The van der Waals surface area contributed by atoms with E-state index in [0.29, 0.717) is 31.7 Å². The van der Waals surface area contributed by atoms with Crippen LogP contribution in [0, 0.1) is 17.7 Å². The highest BCUT2D eigenvalue weighted by Gasteiger charge is 2.35. The summed E-state index contributed by atoms with van der Waals surface area (Å²) in [6, 6.07) is 5.57. The maximum absolute atomic E-state index is 13.2. The van der Waals surface area contributed by atoms with E-state index in [9.17, 15) is 18.8 Å². The van der Waals surface area contributed by atoms with Gasteiger partial charge in [0.2, 0.25) is 11.8 Å².